The Morgan fingerprint density at radius 3 is 2.80 bits per heavy atom. The zero-order chi connectivity index (χ0) is 17.5. The first kappa shape index (κ1) is 18.0. The minimum absolute atomic E-state index is 0.169. The minimum atomic E-state index is -0.321. The van der Waals surface area contributed by atoms with Gasteiger partial charge in [0.15, 0.2) is 0 Å². The number of rotatable bonds is 6. The quantitative estimate of drug-likeness (QED) is 0.586. The summed E-state index contributed by atoms with van der Waals surface area (Å²) < 4.78 is 5.42. The molecule has 1 aromatic carbocycles. The average molecular weight is 345 g/mol. The molecular formula is C19H27N3O3. The van der Waals surface area contributed by atoms with Crippen molar-refractivity contribution in [3.63, 3.8) is 0 Å². The van der Waals surface area contributed by atoms with Crippen LogP contribution in [-0.2, 0) is 4.74 Å². The second-order valence-electron chi connectivity index (χ2n) is 6.90. The molecule has 0 N–H and O–H groups in total. The summed E-state index contributed by atoms with van der Waals surface area (Å²) in [6.07, 6.45) is 6.46. The fraction of sp³-hybridized carbons (Fsp3) is 0.579. The van der Waals surface area contributed by atoms with Crippen LogP contribution in [0.4, 0.5) is 5.69 Å². The first-order valence-electron chi connectivity index (χ1n) is 9.15. The van der Waals surface area contributed by atoms with Gasteiger partial charge in [0.1, 0.15) is 0 Å². The van der Waals surface area contributed by atoms with E-state index in [1.54, 1.807) is 18.2 Å². The number of hydrogen-bond acceptors (Lipinski definition) is 5. The van der Waals surface area contributed by atoms with E-state index in [1.807, 2.05) is 12.1 Å². The van der Waals surface area contributed by atoms with E-state index in [9.17, 15) is 10.1 Å². The van der Waals surface area contributed by atoms with Gasteiger partial charge < -0.3 is 4.74 Å². The van der Waals surface area contributed by atoms with Crippen molar-refractivity contribution in [2.24, 2.45) is 5.92 Å². The number of hydrogen-bond donors (Lipinski definition) is 0. The van der Waals surface area contributed by atoms with Crippen LogP contribution in [-0.4, -0.2) is 67.2 Å². The Labute approximate surface area is 149 Å². The van der Waals surface area contributed by atoms with Crippen molar-refractivity contribution in [3.8, 4) is 0 Å². The molecule has 6 nitrogen and oxygen atoms in total. The topological polar surface area (TPSA) is 58.9 Å². The van der Waals surface area contributed by atoms with E-state index < -0.39 is 0 Å². The van der Waals surface area contributed by atoms with Crippen LogP contribution in [0.2, 0.25) is 0 Å². The zero-order valence-electron chi connectivity index (χ0n) is 14.7. The van der Waals surface area contributed by atoms with Crippen LogP contribution in [0, 0.1) is 16.0 Å². The molecule has 0 aromatic heterocycles. The molecular weight excluding hydrogens is 318 g/mol. The lowest BCUT2D eigenvalue weighted by Gasteiger charge is -2.36. The Bertz CT molecular complexity index is 599. The van der Waals surface area contributed by atoms with E-state index in [0.29, 0.717) is 11.5 Å². The molecule has 0 bridgehead atoms. The Morgan fingerprint density at radius 1 is 1.20 bits per heavy atom. The second-order valence-corrected chi connectivity index (χ2v) is 6.90. The van der Waals surface area contributed by atoms with Crippen LogP contribution in [0.15, 0.2) is 30.3 Å². The first-order chi connectivity index (χ1) is 12.2. The normalized spacial score (nSPS) is 23.1. The molecule has 2 aliphatic rings. The van der Waals surface area contributed by atoms with E-state index in [-0.39, 0.29) is 10.6 Å². The summed E-state index contributed by atoms with van der Waals surface area (Å²) >= 11 is 0. The Kier molecular flexibility index (Phi) is 6.55. The summed E-state index contributed by atoms with van der Waals surface area (Å²) in [6.45, 7) is 8.05. The maximum atomic E-state index is 11.1. The maximum absolute atomic E-state index is 11.1. The van der Waals surface area contributed by atoms with Gasteiger partial charge in [-0.25, -0.2) is 0 Å². The van der Waals surface area contributed by atoms with Crippen molar-refractivity contribution in [1.82, 2.24) is 9.80 Å². The number of morpholine rings is 1. The van der Waals surface area contributed by atoms with Crippen molar-refractivity contribution in [2.45, 2.75) is 12.8 Å². The summed E-state index contributed by atoms with van der Waals surface area (Å²) in [6, 6.07) is 6.90. The number of ether oxygens (including phenoxy) is 1. The first-order valence-corrected chi connectivity index (χ1v) is 9.15. The second kappa shape index (κ2) is 9.08. The summed E-state index contributed by atoms with van der Waals surface area (Å²) in [4.78, 5) is 15.7. The number of nitrogens with zero attached hydrogens (tertiary/aromatic N) is 3. The summed E-state index contributed by atoms with van der Waals surface area (Å²) in [5, 5.41) is 11.1. The summed E-state index contributed by atoms with van der Waals surface area (Å²) in [5.74, 6) is 0.714. The molecule has 1 aromatic rings. The van der Waals surface area contributed by atoms with Crippen LogP contribution in [0.3, 0.4) is 0 Å². The minimum Gasteiger partial charge on any atom is -0.379 e. The lowest BCUT2D eigenvalue weighted by molar-refractivity contribution is -0.385. The maximum Gasteiger partial charge on any atom is 0.276 e. The summed E-state index contributed by atoms with van der Waals surface area (Å²) in [5.41, 5.74) is 0.844. The van der Waals surface area contributed by atoms with Gasteiger partial charge in [-0.1, -0.05) is 24.3 Å². The SMILES string of the molecule is O=[N+]([O-])c1ccccc1C=CCN1CCCC(CN2CCOCC2)C1. The highest BCUT2D eigenvalue weighted by molar-refractivity contribution is 5.60. The van der Waals surface area contributed by atoms with Gasteiger partial charge in [-0.3, -0.25) is 19.9 Å². The van der Waals surface area contributed by atoms with Crippen molar-refractivity contribution in [3.05, 3.63) is 46.0 Å². The molecule has 0 amide bonds. The van der Waals surface area contributed by atoms with Crippen molar-refractivity contribution >= 4 is 11.8 Å². The molecule has 3 rings (SSSR count). The van der Waals surface area contributed by atoms with Gasteiger partial charge in [0.2, 0.25) is 0 Å². The molecule has 2 heterocycles. The standard InChI is InChI=1S/C19H27N3O3/c23-22(24)19-8-2-1-6-18(19)7-4-10-20-9-3-5-17(15-20)16-21-11-13-25-14-12-21/h1-2,4,6-8,17H,3,5,9-16H2. The smallest absolute Gasteiger partial charge is 0.276 e. The highest BCUT2D eigenvalue weighted by atomic mass is 16.6. The van der Waals surface area contributed by atoms with Crippen LogP contribution < -0.4 is 0 Å². The molecule has 25 heavy (non-hydrogen) atoms. The highest BCUT2D eigenvalue weighted by Crippen LogP contribution is 2.20. The van der Waals surface area contributed by atoms with E-state index in [0.717, 1.165) is 52.5 Å². The monoisotopic (exact) mass is 345 g/mol. The van der Waals surface area contributed by atoms with E-state index in [1.165, 1.54) is 12.8 Å². The molecule has 0 radical (unpaired) electrons. The van der Waals surface area contributed by atoms with E-state index in [2.05, 4.69) is 15.9 Å². The Morgan fingerprint density at radius 2 is 2.00 bits per heavy atom. The van der Waals surface area contributed by atoms with Crippen LogP contribution in [0.5, 0.6) is 0 Å². The van der Waals surface area contributed by atoms with Gasteiger partial charge in [-0.05, 0) is 31.4 Å². The molecule has 0 spiro atoms. The van der Waals surface area contributed by atoms with Crippen molar-refractivity contribution in [2.75, 3.05) is 52.5 Å². The van der Waals surface area contributed by atoms with Crippen molar-refractivity contribution < 1.29 is 9.66 Å². The van der Waals surface area contributed by atoms with Crippen LogP contribution >= 0.6 is 0 Å². The van der Waals surface area contributed by atoms with Crippen molar-refractivity contribution in [1.29, 1.82) is 0 Å². The van der Waals surface area contributed by atoms with E-state index >= 15 is 0 Å². The lowest BCUT2D eigenvalue weighted by Crippen LogP contribution is -2.44. The van der Waals surface area contributed by atoms with E-state index in [4.69, 9.17) is 4.74 Å². The largest absolute Gasteiger partial charge is 0.379 e. The zero-order valence-corrected chi connectivity index (χ0v) is 14.7. The number of para-hydroxylation sites is 1. The fourth-order valence-electron chi connectivity index (χ4n) is 3.74. The predicted octanol–water partition coefficient (Wildman–Crippen LogP) is 2.65. The number of nitro benzene ring substituents is 1. The third-order valence-corrected chi connectivity index (χ3v) is 5.02. The van der Waals surface area contributed by atoms with Gasteiger partial charge in [0.05, 0.1) is 23.7 Å². The van der Waals surface area contributed by atoms with Crippen LogP contribution in [0.1, 0.15) is 18.4 Å². The third-order valence-electron chi connectivity index (χ3n) is 5.02. The highest BCUT2D eigenvalue weighted by Gasteiger charge is 2.22. The molecule has 1 atom stereocenters. The number of likely N-dealkylation sites (tertiary alicyclic amines) is 1. The number of piperidine rings is 1. The fourth-order valence-corrected chi connectivity index (χ4v) is 3.74. The van der Waals surface area contributed by atoms with Gasteiger partial charge in [0.25, 0.3) is 5.69 Å². The molecule has 136 valence electrons. The molecule has 1 unspecified atom stereocenters. The summed E-state index contributed by atoms with van der Waals surface area (Å²) in [7, 11) is 0. The molecule has 2 aliphatic heterocycles. The lowest BCUT2D eigenvalue weighted by atomic mass is 9.97. The molecule has 2 saturated heterocycles. The third kappa shape index (κ3) is 5.36. The molecule has 2 fully saturated rings. The molecule has 6 heteroatoms. The molecule has 0 aliphatic carbocycles. The van der Waals surface area contributed by atoms with Gasteiger partial charge in [-0.15, -0.1) is 0 Å². The Balaban J connectivity index is 1.50. The average Bonchev–Trinajstić information content (AvgIpc) is 2.63. The molecule has 0 saturated carbocycles. The predicted molar refractivity (Wildman–Crippen MR) is 98.6 cm³/mol. The van der Waals surface area contributed by atoms with Crippen LogP contribution in [0.25, 0.3) is 6.08 Å². The number of benzene rings is 1. The Hall–Kier alpha value is -1.76. The number of nitro groups is 1. The van der Waals surface area contributed by atoms with Gasteiger partial charge in [-0.2, -0.15) is 0 Å². The van der Waals surface area contributed by atoms with Gasteiger partial charge in [0, 0.05) is 38.8 Å². The van der Waals surface area contributed by atoms with Gasteiger partial charge >= 0.3 is 0 Å².